The van der Waals surface area contributed by atoms with Gasteiger partial charge in [0.2, 0.25) is 0 Å². The molecule has 0 spiro atoms. The molecule has 7 nitrogen and oxygen atoms in total. The fraction of sp³-hybridized carbons (Fsp3) is 0.406. The number of halogens is 9. The van der Waals surface area contributed by atoms with Crippen LogP contribution in [0.25, 0.3) is 0 Å². The summed E-state index contributed by atoms with van der Waals surface area (Å²) in [7, 11) is -4.63. The molecule has 2 atom stereocenters. The van der Waals surface area contributed by atoms with Crippen LogP contribution in [0.4, 0.5) is 44.3 Å². The Morgan fingerprint density at radius 1 is 0.857 bits per heavy atom. The Morgan fingerprint density at radius 3 is 2.00 bits per heavy atom. The van der Waals surface area contributed by atoms with Gasteiger partial charge in [-0.05, 0) is 61.2 Å². The molecule has 0 radical (unpaired) electrons. The lowest BCUT2D eigenvalue weighted by Gasteiger charge is -2.38. The third-order valence-corrected chi connectivity index (χ3v) is 11.4. The molecule has 3 aromatic rings. The SMILES string of the molecule is O=C(N1CCCC(O)C1)N1CCC(c2ccc(C(OCc3c(F)cccc3F)(C(F)(F)F)C(F)(F)F)cc2)(S(=O)(=O)c2ccc(F)cc2)C1. The highest BCUT2D eigenvalue weighted by Crippen LogP contribution is 2.54. The first-order valence-corrected chi connectivity index (χ1v) is 16.4. The topological polar surface area (TPSA) is 87.2 Å². The van der Waals surface area contributed by atoms with Gasteiger partial charge in [0.1, 0.15) is 22.2 Å². The number of benzene rings is 3. The zero-order chi connectivity index (χ0) is 36.0. The first kappa shape index (κ1) is 36.5. The number of sulfone groups is 1. The molecule has 0 bridgehead atoms. The van der Waals surface area contributed by atoms with Crippen molar-refractivity contribution in [2.45, 2.75) is 59.6 Å². The number of hydrogen-bond donors (Lipinski definition) is 1. The van der Waals surface area contributed by atoms with E-state index in [9.17, 15) is 57.8 Å². The molecule has 49 heavy (non-hydrogen) atoms. The second-order valence-corrected chi connectivity index (χ2v) is 14.2. The Kier molecular flexibility index (Phi) is 9.77. The summed E-state index contributed by atoms with van der Waals surface area (Å²) in [4.78, 5) is 15.4. The molecule has 2 fully saturated rings. The number of β-amino-alcohol motifs (C(OH)–C–C–N with tert-alkyl or cyclic N) is 1. The van der Waals surface area contributed by atoms with E-state index in [1.165, 1.54) is 4.90 Å². The lowest BCUT2D eigenvalue weighted by atomic mass is 9.88. The first-order valence-electron chi connectivity index (χ1n) is 14.9. The number of piperidine rings is 1. The Bertz CT molecular complexity index is 1750. The average molecular weight is 725 g/mol. The summed E-state index contributed by atoms with van der Waals surface area (Å²) in [5, 5.41) is 10.0. The standard InChI is InChI=1S/C32H29F9N2O5S/c33-22-10-12-24(13-11-22)49(46,47)29(14-16-43(19-29)28(45)42-15-2-3-23(44)17-42)20-6-8-21(9-7-20)30(31(36,37)38,32(39,40)41)48-18-25-26(34)4-1-5-27(25)35/h1,4-13,23,44H,2-3,14-19H2. The van der Waals surface area contributed by atoms with E-state index in [1.54, 1.807) is 0 Å². The van der Waals surface area contributed by atoms with Gasteiger partial charge in [-0.1, -0.05) is 30.3 Å². The van der Waals surface area contributed by atoms with Crippen LogP contribution in [-0.2, 0) is 31.5 Å². The van der Waals surface area contributed by atoms with E-state index in [0.717, 1.165) is 47.4 Å². The Balaban J connectivity index is 1.59. The third-order valence-electron chi connectivity index (χ3n) is 8.92. The van der Waals surface area contributed by atoms with Crippen LogP contribution in [0, 0.1) is 17.5 Å². The van der Waals surface area contributed by atoms with Gasteiger partial charge in [-0.25, -0.2) is 26.4 Å². The van der Waals surface area contributed by atoms with Gasteiger partial charge in [0.25, 0.3) is 5.60 Å². The smallest absolute Gasteiger partial charge is 0.391 e. The van der Waals surface area contributed by atoms with Crippen LogP contribution in [0.2, 0.25) is 0 Å². The molecule has 2 heterocycles. The number of likely N-dealkylation sites (tertiary alicyclic amines) is 2. The highest BCUT2D eigenvalue weighted by Gasteiger charge is 2.73. The van der Waals surface area contributed by atoms with E-state index in [2.05, 4.69) is 4.74 Å². The molecule has 0 saturated carbocycles. The summed E-state index contributed by atoms with van der Waals surface area (Å²) >= 11 is 0. The molecule has 266 valence electrons. The summed E-state index contributed by atoms with van der Waals surface area (Å²) in [6.45, 7) is -2.32. The van der Waals surface area contributed by atoms with Crippen molar-refractivity contribution in [1.82, 2.24) is 9.80 Å². The van der Waals surface area contributed by atoms with Gasteiger partial charge >= 0.3 is 18.4 Å². The van der Waals surface area contributed by atoms with Crippen molar-refractivity contribution in [3.63, 3.8) is 0 Å². The Hall–Kier alpha value is -3.83. The third kappa shape index (κ3) is 6.47. The van der Waals surface area contributed by atoms with Gasteiger partial charge in [-0.15, -0.1) is 0 Å². The normalized spacial score (nSPS) is 20.9. The molecule has 17 heteroatoms. The molecule has 5 rings (SSSR count). The van der Waals surface area contributed by atoms with Crippen LogP contribution in [-0.4, -0.2) is 74.0 Å². The molecule has 3 aromatic carbocycles. The zero-order valence-electron chi connectivity index (χ0n) is 25.4. The van der Waals surface area contributed by atoms with Gasteiger partial charge in [0, 0.05) is 37.3 Å². The van der Waals surface area contributed by atoms with Crippen LogP contribution >= 0.6 is 0 Å². The van der Waals surface area contributed by atoms with E-state index in [-0.39, 0.29) is 31.6 Å². The van der Waals surface area contributed by atoms with Crippen LogP contribution in [0.1, 0.15) is 36.0 Å². The van der Waals surface area contributed by atoms with Crippen molar-refractivity contribution in [1.29, 1.82) is 0 Å². The second kappa shape index (κ2) is 13.1. The summed E-state index contributed by atoms with van der Waals surface area (Å²) < 4.78 is 160. The number of aliphatic hydroxyl groups excluding tert-OH is 1. The summed E-state index contributed by atoms with van der Waals surface area (Å²) in [5.74, 6) is -3.67. The molecular formula is C32H29F9N2O5S. The van der Waals surface area contributed by atoms with Crippen molar-refractivity contribution < 1.29 is 62.6 Å². The first-order chi connectivity index (χ1) is 22.8. The summed E-state index contributed by atoms with van der Waals surface area (Å²) in [6, 6.07) is 7.27. The largest absolute Gasteiger partial charge is 0.430 e. The van der Waals surface area contributed by atoms with E-state index < -0.39 is 91.3 Å². The molecule has 0 aromatic heterocycles. The van der Waals surface area contributed by atoms with Crippen molar-refractivity contribution >= 4 is 15.9 Å². The van der Waals surface area contributed by atoms with Crippen molar-refractivity contribution in [2.75, 3.05) is 26.2 Å². The summed E-state index contributed by atoms with van der Waals surface area (Å²) in [6.07, 6.45) is -12.7. The number of hydrogen-bond acceptors (Lipinski definition) is 5. The average Bonchev–Trinajstić information content (AvgIpc) is 3.49. The number of alkyl halides is 6. The van der Waals surface area contributed by atoms with E-state index in [0.29, 0.717) is 37.1 Å². The second-order valence-electron chi connectivity index (χ2n) is 11.9. The quantitative estimate of drug-likeness (QED) is 0.220. The maximum atomic E-state index is 14.5. The number of rotatable bonds is 7. The number of urea groups is 1. The highest BCUT2D eigenvalue weighted by atomic mass is 32.2. The van der Waals surface area contributed by atoms with E-state index in [4.69, 9.17) is 0 Å². The Morgan fingerprint density at radius 2 is 1.45 bits per heavy atom. The number of amides is 2. The van der Waals surface area contributed by atoms with Gasteiger partial charge in [-0.3, -0.25) is 0 Å². The van der Waals surface area contributed by atoms with Crippen molar-refractivity contribution in [3.05, 3.63) is 101 Å². The number of carbonyl (C=O) groups excluding carboxylic acids is 1. The fourth-order valence-corrected chi connectivity index (χ4v) is 8.40. The maximum Gasteiger partial charge on any atom is 0.430 e. The molecule has 2 amide bonds. The zero-order valence-corrected chi connectivity index (χ0v) is 26.2. The lowest BCUT2D eigenvalue weighted by molar-refractivity contribution is -0.392. The van der Waals surface area contributed by atoms with Gasteiger partial charge in [0.05, 0.1) is 17.6 Å². The lowest BCUT2D eigenvalue weighted by Crippen LogP contribution is -2.56. The molecule has 0 aliphatic carbocycles. The molecule has 2 aliphatic rings. The molecule has 2 aliphatic heterocycles. The number of nitrogens with zero attached hydrogens (tertiary/aromatic N) is 2. The van der Waals surface area contributed by atoms with Crippen LogP contribution in [0.5, 0.6) is 0 Å². The Labute approximate surface area is 274 Å². The minimum absolute atomic E-state index is 0.0323. The van der Waals surface area contributed by atoms with Gasteiger partial charge in [0.15, 0.2) is 9.84 Å². The minimum atomic E-state index is -6.23. The van der Waals surface area contributed by atoms with Crippen LogP contribution in [0.15, 0.2) is 71.6 Å². The predicted octanol–water partition coefficient (Wildman–Crippen LogP) is 6.59. The molecular weight excluding hydrogens is 695 g/mol. The monoisotopic (exact) mass is 724 g/mol. The van der Waals surface area contributed by atoms with Crippen molar-refractivity contribution in [3.8, 4) is 0 Å². The fourth-order valence-electron chi connectivity index (χ4n) is 6.32. The van der Waals surface area contributed by atoms with E-state index >= 15 is 0 Å². The minimum Gasteiger partial charge on any atom is -0.391 e. The van der Waals surface area contributed by atoms with Crippen LogP contribution in [0.3, 0.4) is 0 Å². The molecule has 2 unspecified atom stereocenters. The highest BCUT2D eigenvalue weighted by molar-refractivity contribution is 7.92. The van der Waals surface area contributed by atoms with Gasteiger partial charge in [-0.2, -0.15) is 26.3 Å². The number of aliphatic hydroxyl groups is 1. The predicted molar refractivity (Wildman–Crippen MR) is 155 cm³/mol. The maximum absolute atomic E-state index is 14.5. The molecule has 2 saturated heterocycles. The molecule has 1 N–H and O–H groups in total. The van der Waals surface area contributed by atoms with Crippen LogP contribution < -0.4 is 0 Å². The van der Waals surface area contributed by atoms with E-state index in [1.807, 2.05) is 0 Å². The number of carbonyl (C=O) groups is 1. The summed E-state index contributed by atoms with van der Waals surface area (Å²) in [5.41, 5.74) is -8.13. The number of ether oxygens (including phenoxy) is 1. The van der Waals surface area contributed by atoms with Crippen molar-refractivity contribution in [2.24, 2.45) is 0 Å². The van der Waals surface area contributed by atoms with Gasteiger partial charge < -0.3 is 19.6 Å².